The molecule has 0 radical (unpaired) electrons. The molecular formula is C14H17NO5. The average Bonchev–Trinajstić information content (AvgIpc) is 2.37. The van der Waals surface area contributed by atoms with Crippen molar-refractivity contribution in [1.29, 1.82) is 0 Å². The van der Waals surface area contributed by atoms with Crippen LogP contribution in [0.3, 0.4) is 0 Å². The van der Waals surface area contributed by atoms with Gasteiger partial charge in [0.25, 0.3) is 0 Å². The highest BCUT2D eigenvalue weighted by Crippen LogP contribution is 2.30. The number of nitrogens with one attached hydrogen (secondary N) is 1. The summed E-state index contributed by atoms with van der Waals surface area (Å²) >= 11 is 0. The van der Waals surface area contributed by atoms with Crippen molar-refractivity contribution >= 4 is 11.9 Å². The fourth-order valence-corrected chi connectivity index (χ4v) is 1.83. The third-order valence-corrected chi connectivity index (χ3v) is 2.96. The molecule has 1 aromatic rings. The number of carbonyl (C=O) groups is 2. The first kappa shape index (κ1) is 14.2. The fourth-order valence-electron chi connectivity index (χ4n) is 1.83. The number of carbonyl (C=O) groups excluding carboxylic acids is 1. The number of fused-ring (bicyclic) bond motifs is 1. The monoisotopic (exact) mass is 279 g/mol. The van der Waals surface area contributed by atoms with Gasteiger partial charge >= 0.3 is 5.97 Å². The third kappa shape index (κ3) is 3.20. The standard InChI is InChI=1S/C14H17NO5/c1-14(2,13(17)18)15-12(16)8-9-3-4-10-11(7-9)20-6-5-19-10/h3-4,7H,5-6,8H2,1-2H3,(H,15,16)(H,17,18). The molecule has 2 rings (SSSR count). The quantitative estimate of drug-likeness (QED) is 0.858. The number of benzene rings is 1. The molecule has 0 saturated carbocycles. The maximum absolute atomic E-state index is 11.9. The van der Waals surface area contributed by atoms with E-state index in [9.17, 15) is 9.59 Å². The second-order valence-electron chi connectivity index (χ2n) is 5.13. The van der Waals surface area contributed by atoms with Crippen LogP contribution in [0.2, 0.25) is 0 Å². The van der Waals surface area contributed by atoms with Gasteiger partial charge in [-0.2, -0.15) is 0 Å². The number of carboxylic acids is 1. The van der Waals surface area contributed by atoms with Gasteiger partial charge in [0.05, 0.1) is 6.42 Å². The molecule has 0 spiro atoms. The molecule has 1 aliphatic heterocycles. The van der Waals surface area contributed by atoms with E-state index in [0.29, 0.717) is 24.7 Å². The van der Waals surface area contributed by atoms with Crippen LogP contribution in [0.1, 0.15) is 19.4 Å². The summed E-state index contributed by atoms with van der Waals surface area (Å²) in [6, 6.07) is 5.25. The highest BCUT2D eigenvalue weighted by molar-refractivity contribution is 5.87. The van der Waals surface area contributed by atoms with E-state index in [1.165, 1.54) is 13.8 Å². The molecule has 0 aromatic heterocycles. The highest BCUT2D eigenvalue weighted by Gasteiger charge is 2.28. The maximum Gasteiger partial charge on any atom is 0.328 e. The number of aliphatic carboxylic acids is 1. The van der Waals surface area contributed by atoms with Gasteiger partial charge in [0.2, 0.25) is 5.91 Å². The summed E-state index contributed by atoms with van der Waals surface area (Å²) in [5.41, 5.74) is -0.543. The van der Waals surface area contributed by atoms with Crippen molar-refractivity contribution in [2.45, 2.75) is 25.8 Å². The van der Waals surface area contributed by atoms with Gasteiger partial charge in [-0.15, -0.1) is 0 Å². The average molecular weight is 279 g/mol. The van der Waals surface area contributed by atoms with Crippen LogP contribution in [-0.4, -0.2) is 35.7 Å². The zero-order valence-electron chi connectivity index (χ0n) is 11.4. The zero-order chi connectivity index (χ0) is 14.8. The second kappa shape index (κ2) is 5.40. The minimum absolute atomic E-state index is 0.0906. The number of amides is 1. The Bertz CT molecular complexity index is 538. The number of ether oxygens (including phenoxy) is 2. The fraction of sp³-hybridized carbons (Fsp3) is 0.429. The van der Waals surface area contributed by atoms with Crippen molar-refractivity contribution in [3.8, 4) is 11.5 Å². The number of carboxylic acid groups (broad SMARTS) is 1. The van der Waals surface area contributed by atoms with Gasteiger partial charge in [-0.25, -0.2) is 4.79 Å². The van der Waals surface area contributed by atoms with E-state index in [-0.39, 0.29) is 12.3 Å². The van der Waals surface area contributed by atoms with Crippen molar-refractivity contribution in [1.82, 2.24) is 5.32 Å². The summed E-state index contributed by atoms with van der Waals surface area (Å²) in [5, 5.41) is 11.4. The lowest BCUT2D eigenvalue weighted by atomic mass is 10.0. The molecule has 0 aliphatic carbocycles. The molecule has 20 heavy (non-hydrogen) atoms. The van der Waals surface area contributed by atoms with Gasteiger partial charge in [-0.1, -0.05) is 6.07 Å². The zero-order valence-corrected chi connectivity index (χ0v) is 11.4. The lowest BCUT2D eigenvalue weighted by Gasteiger charge is -2.21. The van der Waals surface area contributed by atoms with Crippen LogP contribution in [0.4, 0.5) is 0 Å². The Morgan fingerprint density at radius 2 is 1.90 bits per heavy atom. The van der Waals surface area contributed by atoms with Gasteiger partial charge in [0, 0.05) is 0 Å². The first-order valence-corrected chi connectivity index (χ1v) is 6.31. The molecule has 1 aromatic carbocycles. The molecule has 6 nitrogen and oxygen atoms in total. The van der Waals surface area contributed by atoms with Gasteiger partial charge in [0.1, 0.15) is 18.8 Å². The van der Waals surface area contributed by atoms with Gasteiger partial charge in [-0.05, 0) is 31.5 Å². The van der Waals surface area contributed by atoms with E-state index in [4.69, 9.17) is 14.6 Å². The van der Waals surface area contributed by atoms with Crippen molar-refractivity contribution in [2.24, 2.45) is 0 Å². The Morgan fingerprint density at radius 1 is 1.25 bits per heavy atom. The topological polar surface area (TPSA) is 84.9 Å². The largest absolute Gasteiger partial charge is 0.486 e. The van der Waals surface area contributed by atoms with Crippen LogP contribution >= 0.6 is 0 Å². The van der Waals surface area contributed by atoms with Crippen LogP contribution in [0.5, 0.6) is 11.5 Å². The normalized spacial score (nSPS) is 13.7. The van der Waals surface area contributed by atoms with E-state index in [1.54, 1.807) is 18.2 Å². The third-order valence-electron chi connectivity index (χ3n) is 2.96. The van der Waals surface area contributed by atoms with Crippen molar-refractivity contribution in [3.63, 3.8) is 0 Å². The molecule has 6 heteroatoms. The second-order valence-corrected chi connectivity index (χ2v) is 5.13. The van der Waals surface area contributed by atoms with Crippen molar-refractivity contribution < 1.29 is 24.2 Å². The summed E-state index contributed by atoms with van der Waals surface area (Å²) in [4.78, 5) is 22.8. The molecule has 0 saturated heterocycles. The summed E-state index contributed by atoms with van der Waals surface area (Å²) in [6.45, 7) is 3.88. The van der Waals surface area contributed by atoms with E-state index in [1.807, 2.05) is 0 Å². The van der Waals surface area contributed by atoms with Crippen LogP contribution in [0.15, 0.2) is 18.2 Å². The van der Waals surface area contributed by atoms with E-state index in [0.717, 1.165) is 5.56 Å². The van der Waals surface area contributed by atoms with Crippen LogP contribution in [-0.2, 0) is 16.0 Å². The summed E-state index contributed by atoms with van der Waals surface area (Å²) in [5.74, 6) is -0.160. The van der Waals surface area contributed by atoms with Gasteiger partial charge in [0.15, 0.2) is 11.5 Å². The maximum atomic E-state index is 11.9. The van der Waals surface area contributed by atoms with Crippen molar-refractivity contribution in [2.75, 3.05) is 13.2 Å². The molecule has 108 valence electrons. The predicted octanol–water partition coefficient (Wildman–Crippen LogP) is 0.980. The molecule has 0 unspecified atom stereocenters. The van der Waals surface area contributed by atoms with Crippen LogP contribution in [0.25, 0.3) is 0 Å². The Morgan fingerprint density at radius 3 is 2.55 bits per heavy atom. The van der Waals surface area contributed by atoms with Gasteiger partial charge < -0.3 is 19.9 Å². The number of hydrogen-bond acceptors (Lipinski definition) is 4. The lowest BCUT2D eigenvalue weighted by Crippen LogP contribution is -2.50. The molecular weight excluding hydrogens is 262 g/mol. The minimum atomic E-state index is -1.29. The molecule has 1 aliphatic rings. The Labute approximate surface area is 116 Å². The molecule has 2 N–H and O–H groups in total. The minimum Gasteiger partial charge on any atom is -0.486 e. The smallest absolute Gasteiger partial charge is 0.328 e. The summed E-state index contributed by atoms with van der Waals surface area (Å²) in [7, 11) is 0. The van der Waals surface area contributed by atoms with Crippen LogP contribution in [0, 0.1) is 0 Å². The molecule has 1 heterocycles. The predicted molar refractivity (Wildman–Crippen MR) is 71.0 cm³/mol. The van der Waals surface area contributed by atoms with Gasteiger partial charge in [-0.3, -0.25) is 4.79 Å². The summed E-state index contributed by atoms with van der Waals surface area (Å²) in [6.07, 6.45) is 0.0906. The summed E-state index contributed by atoms with van der Waals surface area (Å²) < 4.78 is 10.8. The first-order chi connectivity index (χ1) is 9.38. The first-order valence-electron chi connectivity index (χ1n) is 6.31. The number of rotatable bonds is 4. The van der Waals surface area contributed by atoms with Crippen molar-refractivity contribution in [3.05, 3.63) is 23.8 Å². The molecule has 0 bridgehead atoms. The van der Waals surface area contributed by atoms with E-state index >= 15 is 0 Å². The molecule has 0 fully saturated rings. The lowest BCUT2D eigenvalue weighted by molar-refractivity contribution is -0.145. The number of hydrogen-bond donors (Lipinski definition) is 2. The SMILES string of the molecule is CC(C)(NC(=O)Cc1ccc2c(c1)OCCO2)C(=O)O. The Hall–Kier alpha value is -2.24. The Kier molecular flexibility index (Phi) is 3.83. The van der Waals surface area contributed by atoms with E-state index < -0.39 is 11.5 Å². The Balaban J connectivity index is 2.03. The highest BCUT2D eigenvalue weighted by atomic mass is 16.6. The van der Waals surface area contributed by atoms with E-state index in [2.05, 4.69) is 5.32 Å². The molecule has 1 amide bonds. The van der Waals surface area contributed by atoms with Crippen LogP contribution < -0.4 is 14.8 Å². The molecule has 0 atom stereocenters.